The number of phenolic OH excluding ortho intramolecular Hbond substituents is 1. The van der Waals surface area contributed by atoms with E-state index in [1.807, 2.05) is 57.2 Å². The van der Waals surface area contributed by atoms with Crippen molar-refractivity contribution in [1.29, 1.82) is 0 Å². The van der Waals surface area contributed by atoms with Gasteiger partial charge in [-0.2, -0.15) is 0 Å². The zero-order valence-electron chi connectivity index (χ0n) is 18.3. The molecule has 1 amide bonds. The Morgan fingerprint density at radius 2 is 1.83 bits per heavy atom. The van der Waals surface area contributed by atoms with Crippen molar-refractivity contribution in [2.75, 3.05) is 0 Å². The van der Waals surface area contributed by atoms with Crippen LogP contribution < -0.4 is 5.32 Å². The maximum atomic E-state index is 12.3. The number of hydrogen-bond acceptors (Lipinski definition) is 4. The zero-order valence-corrected chi connectivity index (χ0v) is 18.3. The van der Waals surface area contributed by atoms with Gasteiger partial charge in [0.1, 0.15) is 11.4 Å². The van der Waals surface area contributed by atoms with Crippen LogP contribution in [-0.2, 0) is 17.7 Å². The van der Waals surface area contributed by atoms with Gasteiger partial charge in [0.05, 0.1) is 5.52 Å². The molecule has 2 N–H and O–H groups in total. The van der Waals surface area contributed by atoms with Crippen LogP contribution in [0.5, 0.6) is 5.75 Å². The Bertz CT molecular complexity index is 1040. The van der Waals surface area contributed by atoms with Crippen molar-refractivity contribution in [2.24, 2.45) is 5.92 Å². The van der Waals surface area contributed by atoms with Crippen LogP contribution in [0.15, 0.2) is 48.5 Å². The smallest absolute Gasteiger partial charge is 0.407 e. The Hall–Kier alpha value is -3.08. The van der Waals surface area contributed by atoms with Gasteiger partial charge in [0.15, 0.2) is 0 Å². The van der Waals surface area contributed by atoms with Crippen molar-refractivity contribution in [3.63, 3.8) is 0 Å². The lowest BCUT2D eigenvalue weighted by molar-refractivity contribution is 0.0523. The molecule has 2 aromatic carbocycles. The van der Waals surface area contributed by atoms with Gasteiger partial charge in [-0.25, -0.2) is 4.79 Å². The molecule has 30 heavy (non-hydrogen) atoms. The predicted octanol–water partition coefficient (Wildman–Crippen LogP) is 5.83. The Labute approximate surface area is 178 Å². The SMILES string of the molecule is CC(C)Cc1nc2ccc(O)cc2c(-c2ccccc2)c1CNC(=O)OC(C)(C)C. The number of nitrogens with zero attached hydrogens (tertiary/aromatic N) is 1. The average Bonchev–Trinajstić information content (AvgIpc) is 2.65. The van der Waals surface area contributed by atoms with Gasteiger partial charge in [-0.3, -0.25) is 4.98 Å². The summed E-state index contributed by atoms with van der Waals surface area (Å²) in [7, 11) is 0. The van der Waals surface area contributed by atoms with E-state index in [-0.39, 0.29) is 5.75 Å². The molecule has 0 aliphatic carbocycles. The number of pyridine rings is 1. The summed E-state index contributed by atoms with van der Waals surface area (Å²) in [5.41, 5.74) is 4.13. The van der Waals surface area contributed by atoms with Gasteiger partial charge < -0.3 is 15.2 Å². The first-order valence-corrected chi connectivity index (χ1v) is 10.3. The first-order chi connectivity index (χ1) is 14.1. The molecule has 5 nitrogen and oxygen atoms in total. The summed E-state index contributed by atoms with van der Waals surface area (Å²) >= 11 is 0. The molecule has 3 rings (SSSR count). The van der Waals surface area contributed by atoms with E-state index in [0.29, 0.717) is 12.5 Å². The van der Waals surface area contributed by atoms with Crippen LogP contribution in [0.4, 0.5) is 4.79 Å². The molecular weight excluding hydrogens is 376 g/mol. The van der Waals surface area contributed by atoms with Crippen molar-refractivity contribution < 1.29 is 14.6 Å². The van der Waals surface area contributed by atoms with Crippen LogP contribution in [0.1, 0.15) is 45.9 Å². The number of carbonyl (C=O) groups is 1. The third-order valence-corrected chi connectivity index (χ3v) is 4.63. The van der Waals surface area contributed by atoms with Gasteiger partial charge >= 0.3 is 6.09 Å². The number of aromatic hydroxyl groups is 1. The summed E-state index contributed by atoms with van der Waals surface area (Å²) in [5, 5.41) is 13.9. The fourth-order valence-electron chi connectivity index (χ4n) is 3.50. The molecule has 1 aromatic heterocycles. The average molecular weight is 407 g/mol. The fourth-order valence-corrected chi connectivity index (χ4v) is 3.50. The highest BCUT2D eigenvalue weighted by atomic mass is 16.6. The number of fused-ring (bicyclic) bond motifs is 1. The largest absolute Gasteiger partial charge is 0.508 e. The maximum absolute atomic E-state index is 12.3. The number of alkyl carbamates (subject to hydrolysis) is 1. The molecule has 0 spiro atoms. The summed E-state index contributed by atoms with van der Waals surface area (Å²) in [6.45, 7) is 10.1. The molecule has 0 radical (unpaired) electrons. The summed E-state index contributed by atoms with van der Waals surface area (Å²) in [6, 6.07) is 15.2. The minimum Gasteiger partial charge on any atom is -0.508 e. The van der Waals surface area contributed by atoms with Gasteiger partial charge in [-0.15, -0.1) is 0 Å². The molecule has 0 bridgehead atoms. The van der Waals surface area contributed by atoms with Crippen molar-refractivity contribution in [1.82, 2.24) is 10.3 Å². The van der Waals surface area contributed by atoms with E-state index in [9.17, 15) is 9.90 Å². The topological polar surface area (TPSA) is 71.5 Å². The highest BCUT2D eigenvalue weighted by Crippen LogP contribution is 2.35. The number of ether oxygens (including phenoxy) is 1. The lowest BCUT2D eigenvalue weighted by Crippen LogP contribution is -2.32. The quantitative estimate of drug-likeness (QED) is 0.559. The van der Waals surface area contributed by atoms with E-state index in [1.54, 1.807) is 12.1 Å². The number of amides is 1. The number of rotatable bonds is 5. The minimum atomic E-state index is -0.569. The van der Waals surface area contributed by atoms with Gasteiger partial charge in [0.2, 0.25) is 0 Å². The molecule has 0 fully saturated rings. The maximum Gasteiger partial charge on any atom is 0.407 e. The molecular formula is C25H30N2O3. The molecule has 0 saturated heterocycles. The third-order valence-electron chi connectivity index (χ3n) is 4.63. The van der Waals surface area contributed by atoms with E-state index in [1.165, 1.54) is 0 Å². The molecule has 0 aliphatic rings. The standard InChI is InChI=1S/C25H30N2O3/c1-16(2)13-22-20(15-26-24(29)30-25(3,4)5)23(17-9-7-6-8-10-17)19-14-18(28)11-12-21(19)27-22/h6-12,14,16,28H,13,15H2,1-5H3,(H,26,29). The first-order valence-electron chi connectivity index (χ1n) is 10.3. The number of benzene rings is 2. The molecule has 1 heterocycles. The van der Waals surface area contributed by atoms with Crippen LogP contribution in [0.25, 0.3) is 22.0 Å². The molecule has 0 unspecified atom stereocenters. The third kappa shape index (κ3) is 5.29. The van der Waals surface area contributed by atoms with Gasteiger partial charge in [0.25, 0.3) is 0 Å². The van der Waals surface area contributed by atoms with Gasteiger partial charge in [-0.1, -0.05) is 44.2 Å². The number of aromatic nitrogens is 1. The highest BCUT2D eigenvalue weighted by Gasteiger charge is 2.20. The Morgan fingerprint density at radius 3 is 2.47 bits per heavy atom. The summed E-state index contributed by atoms with van der Waals surface area (Å²) < 4.78 is 5.42. The van der Waals surface area contributed by atoms with Crippen LogP contribution >= 0.6 is 0 Å². The molecule has 158 valence electrons. The predicted molar refractivity (Wildman–Crippen MR) is 120 cm³/mol. The zero-order chi connectivity index (χ0) is 21.9. The van der Waals surface area contributed by atoms with E-state index < -0.39 is 11.7 Å². The summed E-state index contributed by atoms with van der Waals surface area (Å²) in [6.07, 6.45) is 0.315. The van der Waals surface area contributed by atoms with Crippen molar-refractivity contribution in [2.45, 2.75) is 53.2 Å². The lowest BCUT2D eigenvalue weighted by Gasteiger charge is -2.22. The lowest BCUT2D eigenvalue weighted by atomic mass is 9.91. The summed E-state index contributed by atoms with van der Waals surface area (Å²) in [4.78, 5) is 17.2. The van der Waals surface area contributed by atoms with E-state index in [2.05, 4.69) is 19.2 Å². The number of carbonyl (C=O) groups excluding carboxylic acids is 1. The molecule has 5 heteroatoms. The second kappa shape index (κ2) is 8.74. The summed E-state index contributed by atoms with van der Waals surface area (Å²) in [5.74, 6) is 0.583. The molecule has 0 saturated carbocycles. The monoisotopic (exact) mass is 406 g/mol. The Morgan fingerprint density at radius 1 is 1.13 bits per heavy atom. The second-order valence-corrected chi connectivity index (χ2v) is 8.93. The highest BCUT2D eigenvalue weighted by molar-refractivity contribution is 5.97. The fraction of sp³-hybridized carbons (Fsp3) is 0.360. The second-order valence-electron chi connectivity index (χ2n) is 8.93. The van der Waals surface area contributed by atoms with Crippen LogP contribution in [0.3, 0.4) is 0 Å². The van der Waals surface area contributed by atoms with Gasteiger partial charge in [0, 0.05) is 23.2 Å². The first kappa shape index (κ1) is 21.6. The van der Waals surface area contributed by atoms with Crippen molar-refractivity contribution in [3.8, 4) is 16.9 Å². The van der Waals surface area contributed by atoms with Crippen LogP contribution in [-0.4, -0.2) is 21.8 Å². The van der Waals surface area contributed by atoms with E-state index in [0.717, 1.165) is 39.7 Å². The molecule has 3 aromatic rings. The van der Waals surface area contributed by atoms with Crippen LogP contribution in [0, 0.1) is 5.92 Å². The normalized spacial score (nSPS) is 11.7. The Kier molecular flexibility index (Phi) is 6.30. The van der Waals surface area contributed by atoms with Crippen molar-refractivity contribution >= 4 is 17.0 Å². The van der Waals surface area contributed by atoms with Crippen LogP contribution in [0.2, 0.25) is 0 Å². The number of hydrogen-bond donors (Lipinski definition) is 2. The molecule has 0 aliphatic heterocycles. The van der Waals surface area contributed by atoms with Crippen molar-refractivity contribution in [3.05, 3.63) is 59.8 Å². The van der Waals surface area contributed by atoms with E-state index >= 15 is 0 Å². The van der Waals surface area contributed by atoms with E-state index in [4.69, 9.17) is 9.72 Å². The van der Waals surface area contributed by atoms with Gasteiger partial charge in [-0.05, 0) is 62.4 Å². The number of phenols is 1. The number of nitrogens with one attached hydrogen (secondary N) is 1. The minimum absolute atomic E-state index is 0.184. The molecule has 0 atom stereocenters. The Balaban J connectivity index is 2.16.